The van der Waals surface area contributed by atoms with Gasteiger partial charge in [0.05, 0.1) is 17.6 Å². The molecule has 170 valence electrons. The zero-order valence-corrected chi connectivity index (χ0v) is 18.7. The normalized spacial score (nSPS) is 12.7. The summed E-state index contributed by atoms with van der Waals surface area (Å²) in [6, 6.07) is 19.4. The molecule has 0 fully saturated rings. The number of hydrogen-bond acceptors (Lipinski definition) is 6. The molecule has 0 aliphatic carbocycles. The fourth-order valence-electron chi connectivity index (χ4n) is 3.55. The second-order valence-corrected chi connectivity index (χ2v) is 9.04. The SMILES string of the molecule is COc1ccc(NS(=O)(=O)c2cccc(C(=O)OCC(=O)N3CCc4ccccc43)c2)cc1. The lowest BCUT2D eigenvalue weighted by Crippen LogP contribution is -2.33. The Kier molecular flexibility index (Phi) is 6.32. The van der Waals surface area contributed by atoms with E-state index in [1.54, 1.807) is 29.2 Å². The van der Waals surface area contributed by atoms with E-state index in [9.17, 15) is 18.0 Å². The van der Waals surface area contributed by atoms with Gasteiger partial charge in [-0.05, 0) is 60.5 Å². The van der Waals surface area contributed by atoms with Crippen LogP contribution in [0.25, 0.3) is 0 Å². The van der Waals surface area contributed by atoms with E-state index in [1.807, 2.05) is 24.3 Å². The second kappa shape index (κ2) is 9.33. The maximum Gasteiger partial charge on any atom is 0.338 e. The Morgan fingerprint density at radius 2 is 1.76 bits per heavy atom. The van der Waals surface area contributed by atoms with Crippen LogP contribution in [-0.4, -0.2) is 40.6 Å². The fourth-order valence-corrected chi connectivity index (χ4v) is 4.65. The van der Waals surface area contributed by atoms with E-state index in [4.69, 9.17) is 9.47 Å². The van der Waals surface area contributed by atoms with Gasteiger partial charge in [0.25, 0.3) is 15.9 Å². The van der Waals surface area contributed by atoms with Crippen LogP contribution >= 0.6 is 0 Å². The minimum absolute atomic E-state index is 0.0298. The summed E-state index contributed by atoms with van der Waals surface area (Å²) in [5.41, 5.74) is 2.26. The highest BCUT2D eigenvalue weighted by Crippen LogP contribution is 2.27. The molecule has 1 aliphatic heterocycles. The molecule has 8 nitrogen and oxygen atoms in total. The Balaban J connectivity index is 1.41. The maximum absolute atomic E-state index is 12.7. The molecule has 9 heteroatoms. The number of anilines is 2. The minimum Gasteiger partial charge on any atom is -0.497 e. The number of rotatable bonds is 7. The summed E-state index contributed by atoms with van der Waals surface area (Å²) >= 11 is 0. The Labute approximate surface area is 191 Å². The van der Waals surface area contributed by atoms with Gasteiger partial charge >= 0.3 is 5.97 Å². The molecule has 0 aromatic heterocycles. The summed E-state index contributed by atoms with van der Waals surface area (Å²) in [6.45, 7) is 0.0920. The molecule has 0 spiro atoms. The number of ether oxygens (including phenoxy) is 2. The van der Waals surface area contributed by atoms with Crippen LogP contribution in [0.4, 0.5) is 11.4 Å². The number of nitrogens with zero attached hydrogens (tertiary/aromatic N) is 1. The monoisotopic (exact) mass is 466 g/mol. The summed E-state index contributed by atoms with van der Waals surface area (Å²) in [4.78, 5) is 26.5. The maximum atomic E-state index is 12.7. The van der Waals surface area contributed by atoms with Gasteiger partial charge in [-0.1, -0.05) is 24.3 Å². The first-order chi connectivity index (χ1) is 15.9. The standard InChI is InChI=1S/C24H22N2O6S/c1-31-20-11-9-19(10-12-20)25-33(29,30)21-7-4-6-18(15-21)24(28)32-16-23(27)26-14-13-17-5-2-3-8-22(17)26/h2-12,15,25H,13-14,16H2,1H3. The van der Waals surface area contributed by atoms with E-state index < -0.39 is 22.6 Å². The lowest BCUT2D eigenvalue weighted by Gasteiger charge is -2.17. The highest BCUT2D eigenvalue weighted by atomic mass is 32.2. The van der Waals surface area contributed by atoms with Crippen LogP contribution in [-0.2, 0) is 26.0 Å². The average molecular weight is 467 g/mol. The molecule has 3 aromatic rings. The fraction of sp³-hybridized carbons (Fsp3) is 0.167. The summed E-state index contributed by atoms with van der Waals surface area (Å²) in [6.07, 6.45) is 0.747. The van der Waals surface area contributed by atoms with Gasteiger partial charge < -0.3 is 14.4 Å². The molecule has 33 heavy (non-hydrogen) atoms. The number of fused-ring (bicyclic) bond motifs is 1. The van der Waals surface area contributed by atoms with E-state index in [0.717, 1.165) is 17.7 Å². The third-order valence-corrected chi connectivity index (χ3v) is 6.62. The van der Waals surface area contributed by atoms with Crippen LogP contribution in [0.2, 0.25) is 0 Å². The Morgan fingerprint density at radius 1 is 1.00 bits per heavy atom. The van der Waals surface area contributed by atoms with Gasteiger partial charge in [-0.2, -0.15) is 0 Å². The largest absolute Gasteiger partial charge is 0.497 e. The highest BCUT2D eigenvalue weighted by Gasteiger charge is 2.25. The van der Waals surface area contributed by atoms with E-state index in [-0.39, 0.29) is 16.4 Å². The molecule has 0 unspecified atom stereocenters. The molecular weight excluding hydrogens is 444 g/mol. The van der Waals surface area contributed by atoms with Gasteiger partial charge in [0.1, 0.15) is 5.75 Å². The summed E-state index contributed by atoms with van der Waals surface area (Å²) in [7, 11) is -2.43. The van der Waals surface area contributed by atoms with Crippen molar-refractivity contribution >= 4 is 33.3 Å². The number of carbonyl (C=O) groups excluding carboxylic acids is 2. The topological polar surface area (TPSA) is 102 Å². The molecule has 0 radical (unpaired) electrons. The van der Waals surface area contributed by atoms with Crippen molar-refractivity contribution < 1.29 is 27.5 Å². The zero-order valence-electron chi connectivity index (χ0n) is 17.9. The number of sulfonamides is 1. The van der Waals surface area contributed by atoms with Crippen molar-refractivity contribution in [3.63, 3.8) is 0 Å². The van der Waals surface area contributed by atoms with Crippen molar-refractivity contribution in [3.05, 3.63) is 83.9 Å². The van der Waals surface area contributed by atoms with Crippen LogP contribution < -0.4 is 14.4 Å². The molecule has 4 rings (SSSR count). The molecule has 1 amide bonds. The van der Waals surface area contributed by atoms with Crippen molar-refractivity contribution in [3.8, 4) is 5.75 Å². The zero-order chi connectivity index (χ0) is 23.4. The summed E-state index contributed by atoms with van der Waals surface area (Å²) in [5, 5.41) is 0. The number of hydrogen-bond donors (Lipinski definition) is 1. The van der Waals surface area contributed by atoms with Gasteiger partial charge in [0.15, 0.2) is 6.61 Å². The molecule has 1 aliphatic rings. The van der Waals surface area contributed by atoms with Crippen LogP contribution in [0.3, 0.4) is 0 Å². The first-order valence-corrected chi connectivity index (χ1v) is 11.7. The van der Waals surface area contributed by atoms with Crippen molar-refractivity contribution in [1.29, 1.82) is 0 Å². The van der Waals surface area contributed by atoms with Gasteiger partial charge in [0, 0.05) is 17.9 Å². The molecule has 0 bridgehead atoms. The van der Waals surface area contributed by atoms with E-state index in [0.29, 0.717) is 18.0 Å². The average Bonchev–Trinajstić information content (AvgIpc) is 3.27. The summed E-state index contributed by atoms with van der Waals surface area (Å²) < 4.78 is 38.1. The lowest BCUT2D eigenvalue weighted by molar-refractivity contribution is -0.121. The van der Waals surface area contributed by atoms with E-state index >= 15 is 0 Å². The van der Waals surface area contributed by atoms with Gasteiger partial charge in [0.2, 0.25) is 0 Å². The summed E-state index contributed by atoms with van der Waals surface area (Å²) in [5.74, 6) is -0.523. The van der Waals surface area contributed by atoms with Crippen molar-refractivity contribution in [2.75, 3.05) is 29.9 Å². The van der Waals surface area contributed by atoms with Crippen molar-refractivity contribution in [2.45, 2.75) is 11.3 Å². The smallest absolute Gasteiger partial charge is 0.338 e. The predicted octanol–water partition coefficient (Wildman–Crippen LogP) is 3.24. The van der Waals surface area contributed by atoms with E-state index in [2.05, 4.69) is 4.72 Å². The molecule has 3 aromatic carbocycles. The third kappa shape index (κ3) is 4.98. The number of carbonyl (C=O) groups is 2. The molecule has 1 heterocycles. The Hall–Kier alpha value is -3.85. The molecule has 0 saturated heterocycles. The number of methoxy groups -OCH3 is 1. The lowest BCUT2D eigenvalue weighted by atomic mass is 10.2. The number of benzene rings is 3. The first kappa shape index (κ1) is 22.3. The molecule has 0 saturated carbocycles. The quantitative estimate of drug-likeness (QED) is 0.537. The first-order valence-electron chi connectivity index (χ1n) is 10.2. The molecule has 0 atom stereocenters. The van der Waals surface area contributed by atoms with Crippen LogP contribution in [0.1, 0.15) is 15.9 Å². The molecular formula is C24H22N2O6S. The number of esters is 1. The Morgan fingerprint density at radius 3 is 2.52 bits per heavy atom. The third-order valence-electron chi connectivity index (χ3n) is 5.24. The van der Waals surface area contributed by atoms with Crippen molar-refractivity contribution in [1.82, 2.24) is 0 Å². The van der Waals surface area contributed by atoms with E-state index in [1.165, 1.54) is 31.4 Å². The van der Waals surface area contributed by atoms with Gasteiger partial charge in [-0.3, -0.25) is 9.52 Å². The Bertz CT molecular complexity index is 1290. The van der Waals surface area contributed by atoms with Gasteiger partial charge in [-0.25, -0.2) is 13.2 Å². The minimum atomic E-state index is -3.94. The number of para-hydroxylation sites is 1. The molecule has 1 N–H and O–H groups in total. The van der Waals surface area contributed by atoms with Crippen LogP contribution in [0.15, 0.2) is 77.7 Å². The number of nitrogens with one attached hydrogen (secondary N) is 1. The number of amides is 1. The highest BCUT2D eigenvalue weighted by molar-refractivity contribution is 7.92. The second-order valence-electron chi connectivity index (χ2n) is 7.36. The van der Waals surface area contributed by atoms with Crippen LogP contribution in [0, 0.1) is 0 Å². The van der Waals surface area contributed by atoms with Crippen molar-refractivity contribution in [2.24, 2.45) is 0 Å². The predicted molar refractivity (Wildman–Crippen MR) is 123 cm³/mol. The van der Waals surface area contributed by atoms with Gasteiger partial charge in [-0.15, -0.1) is 0 Å². The van der Waals surface area contributed by atoms with Crippen LogP contribution in [0.5, 0.6) is 5.75 Å².